The molecule has 0 bridgehead atoms. The number of halogens is 10. The molecule has 0 fully saturated rings. The van der Waals surface area contributed by atoms with Gasteiger partial charge in [-0.25, -0.2) is 9.59 Å². The molecule has 0 unspecified atom stereocenters. The number of hydrogen-bond donors (Lipinski definition) is 6. The maximum atomic E-state index is 11.2. The first kappa shape index (κ1) is 37.6. The second-order valence-corrected chi connectivity index (χ2v) is 16.2. The number of aliphatic carboxylic acids is 2. The van der Waals surface area contributed by atoms with Gasteiger partial charge in [0.2, 0.25) is 0 Å². The Bertz CT molecular complexity index is 1060. The maximum Gasteiger partial charge on any atom is 0.352 e. The van der Waals surface area contributed by atoms with Gasteiger partial charge in [-0.2, -0.15) is 0 Å². The quantitative estimate of drug-likeness (QED) is 0.0810. The van der Waals surface area contributed by atoms with Gasteiger partial charge >= 0.3 is 11.9 Å². The standard InChI is InChI=1S/C16H10I10N4O4/c17-1(5(21)11(27)7(23)3(19)9(25)13(29)15(31)32)2(18)6(22)12(28)8(24)4(20)10(26)14(30)16(33)34/h27-30H2,(H,31,32)(H,33,34)/b2-1+,7-3+,8-4+,11-5-,12-6+,13-9+,14-10+. The molecule has 0 rings (SSSR count). The average Bonchev–Trinajstić information content (AvgIpc) is 2.81. The normalized spacial score (nSPS) is 17.2. The number of carboxylic acid groups (broad SMARTS) is 2. The number of hydrogen-bond acceptors (Lipinski definition) is 6. The van der Waals surface area contributed by atoms with Crippen LogP contribution >= 0.6 is 226 Å². The molecule has 18 heteroatoms. The number of carbonyl (C=O) groups is 2. The highest BCUT2D eigenvalue weighted by molar-refractivity contribution is 14.1. The van der Waals surface area contributed by atoms with Crippen LogP contribution in [0.5, 0.6) is 0 Å². The van der Waals surface area contributed by atoms with Crippen molar-refractivity contribution in [2.75, 3.05) is 0 Å². The van der Waals surface area contributed by atoms with Crippen LogP contribution in [0.25, 0.3) is 0 Å². The van der Waals surface area contributed by atoms with Crippen molar-refractivity contribution in [1.29, 1.82) is 0 Å². The van der Waals surface area contributed by atoms with E-state index in [9.17, 15) is 9.59 Å². The number of carboxylic acids is 2. The molecule has 0 atom stereocenters. The van der Waals surface area contributed by atoms with Gasteiger partial charge in [0.05, 0.1) is 32.9 Å². The molecular formula is C16H10I10N4O4. The SMILES string of the molecule is NC(=C(I)/C(I)=C(I)/C(I)=C(N)/C(I)=C(I)/C(I)=C(\N)C(=O)O)/C(I)=C(I)/C(I)=C(\N)C(=O)O. The summed E-state index contributed by atoms with van der Waals surface area (Å²) in [6.07, 6.45) is 0. The summed E-state index contributed by atoms with van der Waals surface area (Å²) in [6, 6.07) is 0. The lowest BCUT2D eigenvalue weighted by Gasteiger charge is -2.13. The first-order valence-electron chi connectivity index (χ1n) is 7.65. The Balaban J connectivity index is 6.78. The van der Waals surface area contributed by atoms with Gasteiger partial charge < -0.3 is 33.1 Å². The second kappa shape index (κ2) is 17.4. The zero-order valence-corrected chi connectivity index (χ0v) is 37.4. The molecule has 0 aliphatic heterocycles. The predicted octanol–water partition coefficient (Wildman–Crippen LogP) is 7.82. The van der Waals surface area contributed by atoms with Crippen LogP contribution in [0.2, 0.25) is 0 Å². The van der Waals surface area contributed by atoms with E-state index in [1.54, 1.807) is 0 Å². The van der Waals surface area contributed by atoms with E-state index in [0.29, 0.717) is 32.9 Å². The molecule has 0 radical (unpaired) electrons. The molecule has 10 N–H and O–H groups in total. The molecule has 0 spiro atoms. The highest BCUT2D eigenvalue weighted by atomic mass is 127. The molecule has 0 aliphatic carbocycles. The summed E-state index contributed by atoms with van der Waals surface area (Å²) in [5.41, 5.74) is 24.5. The Morgan fingerprint density at radius 1 is 0.353 bits per heavy atom. The molecule has 0 aromatic carbocycles. The molecule has 8 nitrogen and oxygen atoms in total. The van der Waals surface area contributed by atoms with Crippen molar-refractivity contribution in [3.05, 3.63) is 58.6 Å². The third-order valence-corrected chi connectivity index (χ3v) is 21.5. The van der Waals surface area contributed by atoms with Crippen molar-refractivity contribution < 1.29 is 19.8 Å². The van der Waals surface area contributed by atoms with Crippen molar-refractivity contribution >= 4 is 238 Å². The maximum absolute atomic E-state index is 11.2. The Kier molecular flexibility index (Phi) is 19.3. The molecular weight excluding hydrogens is 1580 g/mol. The fraction of sp³-hybridized carbons (Fsp3) is 0. The highest BCUT2D eigenvalue weighted by Gasteiger charge is 2.20. The molecule has 0 amide bonds. The van der Waals surface area contributed by atoms with Gasteiger partial charge in [-0.15, -0.1) is 0 Å². The molecule has 34 heavy (non-hydrogen) atoms. The van der Waals surface area contributed by atoms with Crippen LogP contribution in [-0.4, -0.2) is 22.2 Å². The molecule has 0 saturated carbocycles. The second-order valence-electron chi connectivity index (χ2n) is 5.40. The largest absolute Gasteiger partial charge is 0.477 e. The van der Waals surface area contributed by atoms with Gasteiger partial charge in [0.25, 0.3) is 0 Å². The summed E-state index contributed by atoms with van der Waals surface area (Å²) in [7, 11) is 0. The van der Waals surface area contributed by atoms with Crippen molar-refractivity contribution in [3.8, 4) is 0 Å². The summed E-state index contributed by atoms with van der Waals surface area (Å²) in [5, 5.41) is 18.3. The smallest absolute Gasteiger partial charge is 0.352 e. The van der Waals surface area contributed by atoms with E-state index >= 15 is 0 Å². The van der Waals surface area contributed by atoms with Crippen molar-refractivity contribution in [1.82, 2.24) is 0 Å². The number of rotatable bonds is 8. The number of allylic oxidation sites excluding steroid dienone is 10. The molecule has 0 aliphatic rings. The van der Waals surface area contributed by atoms with Crippen molar-refractivity contribution in [2.24, 2.45) is 22.9 Å². The Labute approximate surface area is 331 Å². The van der Waals surface area contributed by atoms with E-state index in [1.165, 1.54) is 0 Å². The molecule has 188 valence electrons. The van der Waals surface area contributed by atoms with E-state index in [-0.39, 0.29) is 11.4 Å². The average molecular weight is 1590 g/mol. The summed E-state index contributed by atoms with van der Waals surface area (Å²) >= 11 is 20.5. The van der Waals surface area contributed by atoms with E-state index < -0.39 is 11.9 Å². The zero-order chi connectivity index (χ0) is 27.2. The van der Waals surface area contributed by atoms with Gasteiger partial charge in [0.1, 0.15) is 11.4 Å². The molecule has 0 saturated heterocycles. The van der Waals surface area contributed by atoms with E-state index in [0.717, 1.165) is 14.3 Å². The minimum Gasteiger partial charge on any atom is -0.477 e. The molecule has 0 aromatic rings. The van der Waals surface area contributed by atoms with Gasteiger partial charge in [-0.1, -0.05) is 0 Å². The Hall–Kier alpha value is 3.62. The topological polar surface area (TPSA) is 179 Å². The molecule has 0 aromatic heterocycles. The lowest BCUT2D eigenvalue weighted by molar-refractivity contribution is -0.133. The summed E-state index contributed by atoms with van der Waals surface area (Å²) in [6.45, 7) is 0. The number of nitrogens with two attached hydrogens (primary N) is 4. The van der Waals surface area contributed by atoms with Crippen LogP contribution < -0.4 is 22.9 Å². The Morgan fingerprint density at radius 2 is 0.529 bits per heavy atom. The molecule has 0 heterocycles. The third kappa shape index (κ3) is 10.5. The Morgan fingerprint density at radius 3 is 0.735 bits per heavy atom. The first-order chi connectivity index (χ1) is 15.4. The van der Waals surface area contributed by atoms with Crippen molar-refractivity contribution in [3.63, 3.8) is 0 Å². The monoisotopic (exact) mass is 1590 g/mol. The minimum absolute atomic E-state index is 0.254. The van der Waals surface area contributed by atoms with Gasteiger partial charge in [-0.05, 0) is 226 Å². The van der Waals surface area contributed by atoms with E-state index in [1.807, 2.05) is 90.4 Å². The van der Waals surface area contributed by atoms with Crippen LogP contribution in [0, 0.1) is 0 Å². The zero-order valence-electron chi connectivity index (χ0n) is 15.8. The predicted molar refractivity (Wildman–Crippen MR) is 221 cm³/mol. The summed E-state index contributed by atoms with van der Waals surface area (Å²) in [5.74, 6) is -2.41. The van der Waals surface area contributed by atoms with Crippen LogP contribution in [0.15, 0.2) is 58.6 Å². The lowest BCUT2D eigenvalue weighted by atomic mass is 10.3. The van der Waals surface area contributed by atoms with E-state index in [4.69, 9.17) is 33.1 Å². The minimum atomic E-state index is -1.20. The first-order valence-corrected chi connectivity index (χ1v) is 18.4. The van der Waals surface area contributed by atoms with Gasteiger partial charge in [-0.3, -0.25) is 0 Å². The van der Waals surface area contributed by atoms with Gasteiger partial charge in [0.15, 0.2) is 0 Å². The lowest BCUT2D eigenvalue weighted by Crippen LogP contribution is -2.12. The van der Waals surface area contributed by atoms with Gasteiger partial charge in [0, 0.05) is 14.3 Å². The third-order valence-electron chi connectivity index (χ3n) is 3.23. The fourth-order valence-corrected chi connectivity index (χ4v) is 10.0. The summed E-state index contributed by atoms with van der Waals surface area (Å²) in [4.78, 5) is 22.4. The van der Waals surface area contributed by atoms with Crippen LogP contribution in [0.4, 0.5) is 0 Å². The van der Waals surface area contributed by atoms with Crippen molar-refractivity contribution in [2.45, 2.75) is 0 Å². The highest BCUT2D eigenvalue weighted by Crippen LogP contribution is 2.44. The summed E-state index contributed by atoms with van der Waals surface area (Å²) < 4.78 is 6.53. The van der Waals surface area contributed by atoms with Crippen LogP contribution in [0.3, 0.4) is 0 Å². The van der Waals surface area contributed by atoms with Crippen LogP contribution in [0.1, 0.15) is 0 Å². The van der Waals surface area contributed by atoms with Crippen LogP contribution in [-0.2, 0) is 9.59 Å². The fourth-order valence-electron chi connectivity index (χ4n) is 1.48. The van der Waals surface area contributed by atoms with E-state index in [2.05, 4.69) is 136 Å².